The minimum Gasteiger partial charge on any atom is -0.464 e. The molecule has 4 aliphatic carbocycles. The molecule has 0 unspecified atom stereocenters. The van der Waals surface area contributed by atoms with Gasteiger partial charge in [-0.1, -0.05) is 42.5 Å². The highest BCUT2D eigenvalue weighted by atomic mass is 16.5. The van der Waals surface area contributed by atoms with Crippen LogP contribution in [-0.4, -0.2) is 36.6 Å². The summed E-state index contributed by atoms with van der Waals surface area (Å²) in [5.74, 6) is 2.73. The highest BCUT2D eigenvalue weighted by Gasteiger charge is 2.52. The summed E-state index contributed by atoms with van der Waals surface area (Å²) in [5, 5.41) is 2.32. The minimum absolute atomic E-state index is 0.115. The number of nitrogens with zero attached hydrogens (tertiary/aromatic N) is 1. The summed E-state index contributed by atoms with van der Waals surface area (Å²) in [6, 6.07) is 14.4. The average molecular weight is 378 g/mol. The summed E-state index contributed by atoms with van der Waals surface area (Å²) in [6.07, 6.45) is 8.83. The van der Waals surface area contributed by atoms with Gasteiger partial charge >= 0.3 is 5.97 Å². The first-order chi connectivity index (χ1) is 13.6. The van der Waals surface area contributed by atoms with Crippen LogP contribution >= 0.6 is 0 Å². The molecule has 28 heavy (non-hydrogen) atoms. The lowest BCUT2D eigenvalue weighted by molar-refractivity contribution is -0.144. The second kappa shape index (κ2) is 7.18. The molecule has 4 bridgehead atoms. The smallest absolute Gasteiger partial charge is 0.310 e. The lowest BCUT2D eigenvalue weighted by atomic mass is 9.52. The molecule has 2 aromatic rings. The summed E-state index contributed by atoms with van der Waals surface area (Å²) in [5.41, 5.74) is 1.44. The summed E-state index contributed by atoms with van der Waals surface area (Å²) in [7, 11) is 2.26. The zero-order valence-electron chi connectivity index (χ0n) is 16.9. The molecular weight excluding hydrogens is 346 g/mol. The highest BCUT2D eigenvalue weighted by molar-refractivity contribution is 5.88. The Morgan fingerprint density at radius 2 is 1.64 bits per heavy atom. The van der Waals surface area contributed by atoms with E-state index in [1.54, 1.807) is 0 Å². The van der Waals surface area contributed by atoms with E-state index in [-0.39, 0.29) is 5.97 Å². The Morgan fingerprint density at radius 1 is 1.00 bits per heavy atom. The fourth-order valence-electron chi connectivity index (χ4n) is 6.72. The van der Waals surface area contributed by atoms with Gasteiger partial charge < -0.3 is 4.74 Å². The predicted octanol–water partition coefficient (Wildman–Crippen LogP) is 4.83. The Bertz CT molecular complexity index is 833. The van der Waals surface area contributed by atoms with Gasteiger partial charge in [0.15, 0.2) is 0 Å². The Morgan fingerprint density at radius 3 is 2.36 bits per heavy atom. The molecule has 3 nitrogen and oxygen atoms in total. The molecule has 4 saturated carbocycles. The number of esters is 1. The van der Waals surface area contributed by atoms with Crippen LogP contribution in [0.4, 0.5) is 0 Å². The number of rotatable bonds is 6. The van der Waals surface area contributed by atoms with Gasteiger partial charge in [0.2, 0.25) is 0 Å². The van der Waals surface area contributed by atoms with Crippen LogP contribution < -0.4 is 0 Å². The molecule has 6 rings (SSSR count). The van der Waals surface area contributed by atoms with E-state index in [0.29, 0.717) is 18.6 Å². The Kier molecular flexibility index (Phi) is 4.66. The topological polar surface area (TPSA) is 29.5 Å². The number of carbonyl (C=O) groups excluding carboxylic acids is 1. The quantitative estimate of drug-likeness (QED) is 0.676. The zero-order valence-corrected chi connectivity index (χ0v) is 16.9. The van der Waals surface area contributed by atoms with Crippen LogP contribution in [0.3, 0.4) is 0 Å². The molecule has 0 aromatic heterocycles. The molecule has 4 aliphatic rings. The van der Waals surface area contributed by atoms with E-state index in [4.69, 9.17) is 4.74 Å². The van der Waals surface area contributed by atoms with Crippen molar-refractivity contribution >= 4 is 16.7 Å². The van der Waals surface area contributed by atoms with Crippen molar-refractivity contribution in [1.82, 2.24) is 4.90 Å². The molecule has 4 fully saturated rings. The van der Waals surface area contributed by atoms with Gasteiger partial charge in [-0.05, 0) is 79.7 Å². The Labute approximate surface area is 168 Å². The van der Waals surface area contributed by atoms with Crippen LogP contribution in [0.25, 0.3) is 10.8 Å². The second-order valence-corrected chi connectivity index (χ2v) is 9.60. The van der Waals surface area contributed by atoms with E-state index < -0.39 is 0 Å². The second-order valence-electron chi connectivity index (χ2n) is 9.60. The number of likely N-dealkylation sites (N-methyl/N-ethyl adjacent to an activating group) is 1. The number of hydrogen-bond acceptors (Lipinski definition) is 3. The molecule has 0 aliphatic heterocycles. The van der Waals surface area contributed by atoms with E-state index in [1.165, 1.54) is 43.9 Å². The summed E-state index contributed by atoms with van der Waals surface area (Å²) in [6.45, 7) is 1.36. The van der Waals surface area contributed by atoms with Crippen molar-refractivity contribution in [2.24, 2.45) is 17.8 Å². The van der Waals surface area contributed by atoms with Crippen molar-refractivity contribution in [2.45, 2.75) is 50.5 Å². The molecule has 0 radical (unpaired) electrons. The van der Waals surface area contributed by atoms with E-state index in [9.17, 15) is 4.79 Å². The van der Waals surface area contributed by atoms with E-state index in [2.05, 4.69) is 30.1 Å². The van der Waals surface area contributed by atoms with Crippen LogP contribution in [0.2, 0.25) is 0 Å². The first-order valence-corrected chi connectivity index (χ1v) is 10.9. The number of ether oxygens (including phenoxy) is 1. The van der Waals surface area contributed by atoms with Crippen molar-refractivity contribution in [2.75, 3.05) is 20.2 Å². The van der Waals surface area contributed by atoms with Gasteiger partial charge in [-0.2, -0.15) is 0 Å². The van der Waals surface area contributed by atoms with Crippen LogP contribution in [0.15, 0.2) is 42.5 Å². The summed E-state index contributed by atoms with van der Waals surface area (Å²) < 4.78 is 5.65. The predicted molar refractivity (Wildman–Crippen MR) is 112 cm³/mol. The monoisotopic (exact) mass is 377 g/mol. The van der Waals surface area contributed by atoms with Crippen LogP contribution in [0.5, 0.6) is 0 Å². The molecule has 0 amide bonds. The molecule has 0 atom stereocenters. The fourth-order valence-corrected chi connectivity index (χ4v) is 6.72. The van der Waals surface area contributed by atoms with E-state index in [0.717, 1.165) is 35.2 Å². The molecule has 0 N–H and O–H groups in total. The average Bonchev–Trinajstić information content (AvgIpc) is 2.67. The van der Waals surface area contributed by atoms with Gasteiger partial charge in [-0.3, -0.25) is 9.69 Å². The van der Waals surface area contributed by atoms with Crippen LogP contribution in [0.1, 0.15) is 44.1 Å². The van der Waals surface area contributed by atoms with Crippen molar-refractivity contribution in [3.63, 3.8) is 0 Å². The number of benzene rings is 2. The normalized spacial score (nSPS) is 30.9. The van der Waals surface area contributed by atoms with Crippen molar-refractivity contribution < 1.29 is 9.53 Å². The first kappa shape index (κ1) is 18.2. The molecule has 0 spiro atoms. The lowest BCUT2D eigenvalue weighted by Gasteiger charge is -2.60. The van der Waals surface area contributed by atoms with E-state index in [1.807, 2.05) is 24.3 Å². The zero-order chi connectivity index (χ0) is 19.1. The number of fused-ring (bicyclic) bond motifs is 1. The third-order valence-corrected chi connectivity index (χ3v) is 7.72. The SMILES string of the molecule is CN(CCOC(=O)Cc1cccc2ccccc12)C12CC3CC(CC(C3)C1)C2. The van der Waals surface area contributed by atoms with Crippen molar-refractivity contribution in [3.05, 3.63) is 48.0 Å². The van der Waals surface area contributed by atoms with Gasteiger partial charge in [-0.15, -0.1) is 0 Å². The Hall–Kier alpha value is -1.87. The van der Waals surface area contributed by atoms with Gasteiger partial charge in [0.05, 0.1) is 6.42 Å². The standard InChI is InChI=1S/C25H31NO2/c1-26(25-15-18-11-19(16-25)13-20(12-18)17-25)9-10-28-24(27)14-22-7-4-6-21-5-2-3-8-23(21)22/h2-8,18-20H,9-17H2,1H3. The molecule has 0 heterocycles. The maximum Gasteiger partial charge on any atom is 0.310 e. The van der Waals surface area contributed by atoms with Crippen molar-refractivity contribution in [1.29, 1.82) is 0 Å². The Balaban J connectivity index is 1.16. The highest BCUT2D eigenvalue weighted by Crippen LogP contribution is 2.57. The fraction of sp³-hybridized carbons (Fsp3) is 0.560. The van der Waals surface area contributed by atoms with Crippen LogP contribution in [-0.2, 0) is 16.0 Å². The minimum atomic E-state index is -0.115. The maximum absolute atomic E-state index is 12.4. The van der Waals surface area contributed by atoms with Crippen molar-refractivity contribution in [3.8, 4) is 0 Å². The number of hydrogen-bond donors (Lipinski definition) is 0. The summed E-state index contributed by atoms with van der Waals surface area (Å²) >= 11 is 0. The van der Waals surface area contributed by atoms with Gasteiger partial charge in [0, 0.05) is 12.1 Å². The van der Waals surface area contributed by atoms with Gasteiger partial charge in [0.1, 0.15) is 6.61 Å². The third kappa shape index (κ3) is 3.34. The van der Waals surface area contributed by atoms with Gasteiger partial charge in [-0.25, -0.2) is 0 Å². The molecule has 2 aromatic carbocycles. The van der Waals surface area contributed by atoms with Gasteiger partial charge in [0.25, 0.3) is 0 Å². The maximum atomic E-state index is 12.4. The first-order valence-electron chi connectivity index (χ1n) is 10.9. The molecule has 3 heteroatoms. The van der Waals surface area contributed by atoms with Crippen LogP contribution in [0, 0.1) is 17.8 Å². The summed E-state index contributed by atoms with van der Waals surface area (Å²) in [4.78, 5) is 15.0. The molecular formula is C25H31NO2. The number of carbonyl (C=O) groups is 1. The largest absolute Gasteiger partial charge is 0.464 e. The molecule has 0 saturated heterocycles. The lowest BCUT2D eigenvalue weighted by Crippen LogP contribution is -2.59. The third-order valence-electron chi connectivity index (χ3n) is 7.72. The van der Waals surface area contributed by atoms with E-state index >= 15 is 0 Å². The molecule has 148 valence electrons.